The van der Waals surface area contributed by atoms with Crippen LogP contribution in [-0.2, 0) is 0 Å². The third-order valence-corrected chi connectivity index (χ3v) is 2.77. The van der Waals surface area contributed by atoms with E-state index in [1.165, 1.54) is 0 Å². The molecule has 0 aliphatic rings. The minimum Gasteiger partial charge on any atom is -0.255 e. The van der Waals surface area contributed by atoms with E-state index < -0.39 is 0 Å². The van der Waals surface area contributed by atoms with Crippen molar-refractivity contribution in [2.75, 3.05) is 0 Å². The molecule has 0 amide bonds. The van der Waals surface area contributed by atoms with Crippen molar-refractivity contribution in [3.05, 3.63) is 39.5 Å². The summed E-state index contributed by atoms with van der Waals surface area (Å²) in [4.78, 5) is 4.25. The average Bonchev–Trinajstić information content (AvgIpc) is 2.08. The van der Waals surface area contributed by atoms with Crippen LogP contribution in [0.5, 0.6) is 0 Å². The van der Waals surface area contributed by atoms with Crippen LogP contribution in [0.3, 0.4) is 0 Å². The first-order chi connectivity index (χ1) is 6.16. The predicted molar refractivity (Wildman–Crippen MR) is 59.2 cm³/mol. The lowest BCUT2D eigenvalue weighted by atomic mass is 10.1. The van der Waals surface area contributed by atoms with Gasteiger partial charge in [0.05, 0.1) is 5.52 Å². The monoisotopic (exact) mass is 255 g/mol. The van der Waals surface area contributed by atoms with Crippen molar-refractivity contribution in [2.45, 2.75) is 6.92 Å². The standard InChI is InChI=1S/C10H7BrClN/c1-6-2-7-3-8(11)5-13-10(7)4-9(6)12/h2-5H,1H3. The summed E-state index contributed by atoms with van der Waals surface area (Å²) in [5, 5.41) is 1.87. The van der Waals surface area contributed by atoms with E-state index in [1.807, 2.05) is 25.1 Å². The van der Waals surface area contributed by atoms with Crippen molar-refractivity contribution in [1.82, 2.24) is 4.98 Å². The fourth-order valence-corrected chi connectivity index (χ4v) is 1.74. The van der Waals surface area contributed by atoms with Gasteiger partial charge in [-0.1, -0.05) is 11.6 Å². The molecule has 3 heteroatoms. The molecule has 0 N–H and O–H groups in total. The van der Waals surface area contributed by atoms with Gasteiger partial charge in [0.2, 0.25) is 0 Å². The fourth-order valence-electron chi connectivity index (χ4n) is 1.24. The van der Waals surface area contributed by atoms with E-state index in [-0.39, 0.29) is 0 Å². The van der Waals surface area contributed by atoms with Crippen LogP contribution in [0.25, 0.3) is 10.9 Å². The summed E-state index contributed by atoms with van der Waals surface area (Å²) in [6.45, 7) is 1.99. The van der Waals surface area contributed by atoms with E-state index in [2.05, 4.69) is 20.9 Å². The summed E-state index contributed by atoms with van der Waals surface area (Å²) >= 11 is 9.36. The van der Waals surface area contributed by atoms with E-state index in [4.69, 9.17) is 11.6 Å². The molecule has 0 radical (unpaired) electrons. The number of fused-ring (bicyclic) bond motifs is 1. The maximum Gasteiger partial charge on any atom is 0.0717 e. The first kappa shape index (κ1) is 8.97. The zero-order chi connectivity index (χ0) is 9.42. The van der Waals surface area contributed by atoms with Crippen LogP contribution in [0.15, 0.2) is 28.9 Å². The minimum atomic E-state index is 0.766. The molecular weight excluding hydrogens is 249 g/mol. The van der Waals surface area contributed by atoms with E-state index in [0.29, 0.717) is 0 Å². The lowest BCUT2D eigenvalue weighted by Gasteiger charge is -2.01. The van der Waals surface area contributed by atoms with Crippen molar-refractivity contribution in [1.29, 1.82) is 0 Å². The number of hydrogen-bond acceptors (Lipinski definition) is 1. The molecule has 1 nitrogen and oxygen atoms in total. The van der Waals surface area contributed by atoms with Gasteiger partial charge < -0.3 is 0 Å². The number of pyridine rings is 1. The summed E-state index contributed by atoms with van der Waals surface area (Å²) in [6.07, 6.45) is 1.77. The number of nitrogens with zero attached hydrogens (tertiary/aromatic N) is 1. The van der Waals surface area contributed by atoms with Gasteiger partial charge in [0.15, 0.2) is 0 Å². The molecule has 1 aromatic carbocycles. The molecule has 0 atom stereocenters. The largest absolute Gasteiger partial charge is 0.255 e. The molecule has 0 fully saturated rings. The van der Waals surface area contributed by atoms with Crippen molar-refractivity contribution in [3.63, 3.8) is 0 Å². The van der Waals surface area contributed by atoms with Gasteiger partial charge in [0.1, 0.15) is 0 Å². The zero-order valence-electron chi connectivity index (χ0n) is 7.01. The summed E-state index contributed by atoms with van der Waals surface area (Å²) in [6, 6.07) is 5.96. The molecule has 0 saturated carbocycles. The molecule has 0 saturated heterocycles. The van der Waals surface area contributed by atoms with Gasteiger partial charge in [-0.05, 0) is 46.6 Å². The molecule has 1 heterocycles. The van der Waals surface area contributed by atoms with E-state index in [0.717, 1.165) is 26.0 Å². The Morgan fingerprint density at radius 1 is 1.31 bits per heavy atom. The number of halogens is 2. The van der Waals surface area contributed by atoms with Gasteiger partial charge in [0.25, 0.3) is 0 Å². The maximum atomic E-state index is 5.98. The Labute approximate surface area is 89.9 Å². The Morgan fingerprint density at radius 3 is 2.85 bits per heavy atom. The van der Waals surface area contributed by atoms with Gasteiger partial charge >= 0.3 is 0 Å². The zero-order valence-corrected chi connectivity index (χ0v) is 9.35. The molecule has 13 heavy (non-hydrogen) atoms. The highest BCUT2D eigenvalue weighted by Gasteiger charge is 2.00. The van der Waals surface area contributed by atoms with Crippen molar-refractivity contribution >= 4 is 38.4 Å². The van der Waals surface area contributed by atoms with Crippen LogP contribution < -0.4 is 0 Å². The third kappa shape index (κ3) is 1.69. The lowest BCUT2D eigenvalue weighted by Crippen LogP contribution is -1.81. The Hall–Kier alpha value is -0.600. The molecule has 2 aromatic rings. The second-order valence-corrected chi connectivity index (χ2v) is 4.27. The van der Waals surface area contributed by atoms with Crippen LogP contribution in [-0.4, -0.2) is 4.98 Å². The highest BCUT2D eigenvalue weighted by atomic mass is 79.9. The molecule has 66 valence electrons. The number of aryl methyl sites for hydroxylation is 1. The minimum absolute atomic E-state index is 0.766. The first-order valence-electron chi connectivity index (χ1n) is 3.88. The van der Waals surface area contributed by atoms with Crippen LogP contribution in [0.2, 0.25) is 5.02 Å². The highest BCUT2D eigenvalue weighted by molar-refractivity contribution is 9.10. The molecule has 2 rings (SSSR count). The molecule has 0 unspecified atom stereocenters. The van der Waals surface area contributed by atoms with Crippen LogP contribution in [0, 0.1) is 6.92 Å². The predicted octanol–water partition coefficient (Wildman–Crippen LogP) is 3.96. The van der Waals surface area contributed by atoms with E-state index >= 15 is 0 Å². The number of hydrogen-bond donors (Lipinski definition) is 0. The van der Waals surface area contributed by atoms with Crippen LogP contribution in [0.1, 0.15) is 5.56 Å². The number of rotatable bonds is 0. The molecule has 0 bridgehead atoms. The topological polar surface area (TPSA) is 12.9 Å². The smallest absolute Gasteiger partial charge is 0.0717 e. The highest BCUT2D eigenvalue weighted by Crippen LogP contribution is 2.23. The third-order valence-electron chi connectivity index (χ3n) is 1.93. The average molecular weight is 257 g/mol. The summed E-state index contributed by atoms with van der Waals surface area (Å²) in [5.74, 6) is 0. The molecular formula is C10H7BrClN. The molecule has 0 aliphatic carbocycles. The van der Waals surface area contributed by atoms with Gasteiger partial charge in [0, 0.05) is 21.1 Å². The second-order valence-electron chi connectivity index (χ2n) is 2.95. The van der Waals surface area contributed by atoms with Crippen molar-refractivity contribution in [2.24, 2.45) is 0 Å². The summed E-state index contributed by atoms with van der Waals surface area (Å²) in [5.41, 5.74) is 2.01. The maximum absolute atomic E-state index is 5.98. The summed E-state index contributed by atoms with van der Waals surface area (Å²) < 4.78 is 0.988. The molecule has 0 spiro atoms. The van der Waals surface area contributed by atoms with Gasteiger partial charge in [-0.2, -0.15) is 0 Å². The van der Waals surface area contributed by atoms with Crippen molar-refractivity contribution in [3.8, 4) is 0 Å². The Balaban J connectivity index is 2.81. The SMILES string of the molecule is Cc1cc2cc(Br)cnc2cc1Cl. The van der Waals surface area contributed by atoms with Crippen LogP contribution >= 0.6 is 27.5 Å². The van der Waals surface area contributed by atoms with Gasteiger partial charge in [-0.25, -0.2) is 0 Å². The van der Waals surface area contributed by atoms with Crippen LogP contribution in [0.4, 0.5) is 0 Å². The summed E-state index contributed by atoms with van der Waals surface area (Å²) in [7, 11) is 0. The Bertz CT molecular complexity index is 468. The van der Waals surface area contributed by atoms with Crippen molar-refractivity contribution < 1.29 is 0 Å². The lowest BCUT2D eigenvalue weighted by molar-refractivity contribution is 1.37. The number of benzene rings is 1. The first-order valence-corrected chi connectivity index (χ1v) is 5.05. The quantitative estimate of drug-likeness (QED) is 0.695. The molecule has 0 aliphatic heterocycles. The number of aromatic nitrogens is 1. The Morgan fingerprint density at radius 2 is 2.08 bits per heavy atom. The molecule has 1 aromatic heterocycles. The van der Waals surface area contributed by atoms with E-state index in [9.17, 15) is 0 Å². The van der Waals surface area contributed by atoms with E-state index in [1.54, 1.807) is 6.20 Å². The second kappa shape index (κ2) is 3.28. The fraction of sp³-hybridized carbons (Fsp3) is 0.100. The normalized spacial score (nSPS) is 10.7. The van der Waals surface area contributed by atoms with Gasteiger partial charge in [-0.15, -0.1) is 0 Å². The van der Waals surface area contributed by atoms with Gasteiger partial charge in [-0.3, -0.25) is 4.98 Å². The Kier molecular flexibility index (Phi) is 2.26.